The summed E-state index contributed by atoms with van der Waals surface area (Å²) in [5.74, 6) is 1.01. The van der Waals surface area contributed by atoms with Crippen molar-refractivity contribution in [1.82, 2.24) is 19.7 Å². The molecule has 0 unspecified atom stereocenters. The van der Waals surface area contributed by atoms with Crippen LogP contribution in [0.1, 0.15) is 38.3 Å². The van der Waals surface area contributed by atoms with Gasteiger partial charge in [-0.25, -0.2) is 0 Å². The van der Waals surface area contributed by atoms with Crippen LogP contribution in [-0.4, -0.2) is 60.1 Å². The summed E-state index contributed by atoms with van der Waals surface area (Å²) in [7, 11) is 4.20. The Morgan fingerprint density at radius 1 is 1.30 bits per heavy atom. The first-order valence-electron chi connectivity index (χ1n) is 9.02. The van der Waals surface area contributed by atoms with E-state index in [0.717, 1.165) is 25.6 Å². The van der Waals surface area contributed by atoms with Gasteiger partial charge in [0.2, 0.25) is 0 Å². The minimum atomic E-state index is 0.878. The summed E-state index contributed by atoms with van der Waals surface area (Å²) in [4.78, 5) is 9.58. The molecule has 5 nitrogen and oxygen atoms in total. The molecule has 23 heavy (non-hydrogen) atoms. The molecule has 0 saturated carbocycles. The highest BCUT2D eigenvalue weighted by molar-refractivity contribution is 5.79. The van der Waals surface area contributed by atoms with E-state index in [2.05, 4.69) is 59.0 Å². The molecule has 1 aromatic rings. The first kappa shape index (κ1) is 17.9. The number of hydrogen-bond donors (Lipinski definition) is 1. The highest BCUT2D eigenvalue weighted by Crippen LogP contribution is 2.08. The summed E-state index contributed by atoms with van der Waals surface area (Å²) in [6, 6.07) is 4.25. The molecule has 1 aliphatic rings. The topological polar surface area (TPSA) is 35.8 Å². The molecule has 0 atom stereocenters. The van der Waals surface area contributed by atoms with Gasteiger partial charge >= 0.3 is 0 Å². The van der Waals surface area contributed by atoms with E-state index in [9.17, 15) is 0 Å². The van der Waals surface area contributed by atoms with Gasteiger partial charge in [0.25, 0.3) is 0 Å². The van der Waals surface area contributed by atoms with Crippen molar-refractivity contribution < 1.29 is 0 Å². The van der Waals surface area contributed by atoms with Crippen molar-refractivity contribution in [3.05, 3.63) is 24.0 Å². The van der Waals surface area contributed by atoms with E-state index in [0.29, 0.717) is 0 Å². The summed E-state index contributed by atoms with van der Waals surface area (Å²) in [5, 5.41) is 3.40. The summed E-state index contributed by atoms with van der Waals surface area (Å²) in [5.41, 5.74) is 1.30. The molecule has 1 saturated heterocycles. The highest BCUT2D eigenvalue weighted by Gasteiger charge is 2.10. The quantitative estimate of drug-likeness (QED) is 0.454. The Morgan fingerprint density at radius 3 is 2.74 bits per heavy atom. The smallest absolute Gasteiger partial charge is 0.194 e. The average Bonchev–Trinajstić information content (AvgIpc) is 3.18. The van der Waals surface area contributed by atoms with Crippen LogP contribution in [0.5, 0.6) is 0 Å². The minimum absolute atomic E-state index is 0.878. The summed E-state index contributed by atoms with van der Waals surface area (Å²) < 4.78 is 2.16. The zero-order valence-corrected chi connectivity index (χ0v) is 15.1. The number of hydrogen-bond acceptors (Lipinski definition) is 2. The molecular weight excluding hydrogens is 286 g/mol. The standard InChI is InChI=1S/C18H33N5/c1-4-19-18(22(3)16-17-10-9-12-21(17)2)20-11-5-6-13-23-14-7-8-15-23/h9-10,12H,4-8,11,13-16H2,1-3H3,(H,19,20). The summed E-state index contributed by atoms with van der Waals surface area (Å²) >= 11 is 0. The molecular formula is C18H33N5. The second kappa shape index (κ2) is 9.60. The fraction of sp³-hybridized carbons (Fsp3) is 0.722. The molecule has 0 aliphatic carbocycles. The van der Waals surface area contributed by atoms with Gasteiger partial charge < -0.3 is 19.7 Å². The SMILES string of the molecule is CCNC(=NCCCCN1CCCC1)N(C)Cc1cccn1C. The van der Waals surface area contributed by atoms with Crippen molar-refractivity contribution in [2.24, 2.45) is 12.0 Å². The highest BCUT2D eigenvalue weighted by atomic mass is 15.3. The lowest BCUT2D eigenvalue weighted by Crippen LogP contribution is -2.38. The van der Waals surface area contributed by atoms with Crippen LogP contribution in [-0.2, 0) is 13.6 Å². The zero-order chi connectivity index (χ0) is 16.5. The molecule has 0 amide bonds. The van der Waals surface area contributed by atoms with E-state index in [1.54, 1.807) is 0 Å². The number of aromatic nitrogens is 1. The van der Waals surface area contributed by atoms with E-state index in [1.165, 1.54) is 51.0 Å². The van der Waals surface area contributed by atoms with E-state index < -0.39 is 0 Å². The second-order valence-corrected chi connectivity index (χ2v) is 6.46. The average molecular weight is 319 g/mol. The van der Waals surface area contributed by atoms with Gasteiger partial charge in [0.1, 0.15) is 0 Å². The van der Waals surface area contributed by atoms with E-state index in [1.807, 2.05) is 0 Å². The van der Waals surface area contributed by atoms with Crippen molar-refractivity contribution in [1.29, 1.82) is 0 Å². The number of aryl methyl sites for hydroxylation is 1. The van der Waals surface area contributed by atoms with E-state index >= 15 is 0 Å². The van der Waals surface area contributed by atoms with Crippen LogP contribution >= 0.6 is 0 Å². The maximum atomic E-state index is 4.79. The number of unbranched alkanes of at least 4 members (excludes halogenated alkanes) is 1. The Bertz CT molecular complexity index is 474. The van der Waals surface area contributed by atoms with Gasteiger partial charge in [0, 0.05) is 39.1 Å². The molecule has 1 aromatic heterocycles. The molecule has 0 spiro atoms. The van der Waals surface area contributed by atoms with E-state index in [-0.39, 0.29) is 0 Å². The Hall–Kier alpha value is -1.49. The monoisotopic (exact) mass is 319 g/mol. The molecule has 1 aliphatic heterocycles. The molecule has 0 aromatic carbocycles. The predicted molar refractivity (Wildman–Crippen MR) is 97.8 cm³/mol. The minimum Gasteiger partial charge on any atom is -0.357 e. The van der Waals surface area contributed by atoms with Crippen molar-refractivity contribution in [2.45, 2.75) is 39.2 Å². The molecule has 1 fully saturated rings. The summed E-state index contributed by atoms with van der Waals surface area (Å²) in [6.07, 6.45) is 7.28. The van der Waals surface area contributed by atoms with E-state index in [4.69, 9.17) is 4.99 Å². The van der Waals surface area contributed by atoms with Crippen molar-refractivity contribution in [2.75, 3.05) is 39.8 Å². The van der Waals surface area contributed by atoms with Gasteiger partial charge in [0.15, 0.2) is 5.96 Å². The fourth-order valence-electron chi connectivity index (χ4n) is 3.09. The van der Waals surface area contributed by atoms with Gasteiger partial charge in [-0.1, -0.05) is 0 Å². The lowest BCUT2D eigenvalue weighted by molar-refractivity contribution is 0.331. The summed E-state index contributed by atoms with van der Waals surface area (Å²) in [6.45, 7) is 8.65. The van der Waals surface area contributed by atoms with Crippen molar-refractivity contribution in [3.8, 4) is 0 Å². The number of likely N-dealkylation sites (tertiary alicyclic amines) is 1. The van der Waals surface area contributed by atoms with Crippen LogP contribution in [0.2, 0.25) is 0 Å². The number of guanidine groups is 1. The van der Waals surface area contributed by atoms with Crippen LogP contribution in [0.25, 0.3) is 0 Å². The second-order valence-electron chi connectivity index (χ2n) is 6.46. The largest absolute Gasteiger partial charge is 0.357 e. The zero-order valence-electron chi connectivity index (χ0n) is 15.1. The van der Waals surface area contributed by atoms with Gasteiger partial charge in [-0.15, -0.1) is 0 Å². The molecule has 1 N–H and O–H groups in total. The van der Waals surface area contributed by atoms with Gasteiger partial charge in [0.05, 0.1) is 6.54 Å². The maximum absolute atomic E-state index is 4.79. The van der Waals surface area contributed by atoms with Gasteiger partial charge in [-0.2, -0.15) is 0 Å². The van der Waals surface area contributed by atoms with Gasteiger partial charge in [-0.3, -0.25) is 4.99 Å². The molecule has 5 heteroatoms. The van der Waals surface area contributed by atoms with Crippen LogP contribution < -0.4 is 5.32 Å². The van der Waals surface area contributed by atoms with Crippen LogP contribution in [0.15, 0.2) is 23.3 Å². The molecule has 130 valence electrons. The van der Waals surface area contributed by atoms with Crippen LogP contribution in [0, 0.1) is 0 Å². The normalized spacial score (nSPS) is 16.0. The molecule has 0 bridgehead atoms. The third kappa shape index (κ3) is 5.90. The number of aliphatic imine (C=N–C) groups is 1. The number of rotatable bonds is 8. The third-order valence-electron chi connectivity index (χ3n) is 4.49. The lowest BCUT2D eigenvalue weighted by atomic mass is 10.3. The Morgan fingerprint density at radius 2 is 2.09 bits per heavy atom. The Labute approximate surface area is 141 Å². The fourth-order valence-corrected chi connectivity index (χ4v) is 3.09. The Balaban J connectivity index is 1.75. The van der Waals surface area contributed by atoms with Gasteiger partial charge in [-0.05, 0) is 64.4 Å². The molecule has 2 rings (SSSR count). The third-order valence-corrected chi connectivity index (χ3v) is 4.49. The van der Waals surface area contributed by atoms with Crippen molar-refractivity contribution >= 4 is 5.96 Å². The lowest BCUT2D eigenvalue weighted by Gasteiger charge is -2.22. The van der Waals surface area contributed by atoms with Crippen LogP contribution in [0.3, 0.4) is 0 Å². The van der Waals surface area contributed by atoms with Crippen molar-refractivity contribution in [3.63, 3.8) is 0 Å². The maximum Gasteiger partial charge on any atom is 0.194 e. The number of nitrogens with one attached hydrogen (secondary N) is 1. The van der Waals surface area contributed by atoms with Crippen LogP contribution in [0.4, 0.5) is 0 Å². The first-order valence-corrected chi connectivity index (χ1v) is 9.02. The molecule has 2 heterocycles. The number of nitrogens with zero attached hydrogens (tertiary/aromatic N) is 4. The molecule has 0 radical (unpaired) electrons. The Kier molecular flexibility index (Phi) is 7.46. The first-order chi connectivity index (χ1) is 11.2. The predicted octanol–water partition coefficient (Wildman–Crippen LogP) is 2.30.